The van der Waals surface area contributed by atoms with Crippen molar-refractivity contribution in [1.82, 2.24) is 0 Å². The first-order chi connectivity index (χ1) is 10.9. The van der Waals surface area contributed by atoms with E-state index < -0.39 is 0 Å². The number of nitrogens with two attached hydrogens (primary N) is 3. The number of aryl methyl sites for hydroxylation is 2. The highest BCUT2D eigenvalue weighted by Crippen LogP contribution is 2.23. The van der Waals surface area contributed by atoms with Crippen LogP contribution in [0, 0.1) is 13.8 Å². The lowest BCUT2D eigenvalue weighted by Crippen LogP contribution is -2.26. The van der Waals surface area contributed by atoms with E-state index in [-0.39, 0.29) is 17.7 Å². The van der Waals surface area contributed by atoms with Crippen LogP contribution >= 0.6 is 0 Å². The fraction of sp³-hybridized carbons (Fsp3) is 0.118. The van der Waals surface area contributed by atoms with Crippen LogP contribution in [0.25, 0.3) is 0 Å². The first kappa shape index (κ1) is 16.2. The van der Waals surface area contributed by atoms with Crippen LogP contribution in [0.1, 0.15) is 27.0 Å². The molecule has 0 heterocycles. The quantitative estimate of drug-likeness (QED) is 0.454. The number of rotatable bonds is 3. The smallest absolute Gasteiger partial charge is 0.223 e. The minimum atomic E-state index is -0.190. The summed E-state index contributed by atoms with van der Waals surface area (Å²) in [5, 5.41) is 0. The Kier molecular flexibility index (Phi) is 4.75. The second-order valence-electron chi connectivity index (χ2n) is 5.23. The summed E-state index contributed by atoms with van der Waals surface area (Å²) in [5.41, 5.74) is 19.7. The van der Waals surface area contributed by atoms with E-state index in [1.807, 2.05) is 32.0 Å². The molecule has 0 fully saturated rings. The van der Waals surface area contributed by atoms with E-state index in [4.69, 9.17) is 17.2 Å². The maximum atomic E-state index is 12.8. The van der Waals surface area contributed by atoms with E-state index in [1.165, 1.54) is 0 Å². The third kappa shape index (κ3) is 4.16. The van der Waals surface area contributed by atoms with Crippen LogP contribution in [0.4, 0.5) is 5.69 Å². The predicted molar refractivity (Wildman–Crippen MR) is 92.9 cm³/mol. The Balaban J connectivity index is 2.48. The SMILES string of the molecule is Cc1cc(C)cc(C(=O)c2ccccc2N=C(N)N=C(N)N)c1. The summed E-state index contributed by atoms with van der Waals surface area (Å²) < 4.78 is 0. The number of guanidine groups is 2. The number of benzene rings is 2. The average molecular weight is 309 g/mol. The number of carbonyl (C=O) groups excluding carboxylic acids is 1. The summed E-state index contributed by atoms with van der Waals surface area (Å²) in [7, 11) is 0. The van der Waals surface area contributed by atoms with Crippen LogP contribution in [0.5, 0.6) is 0 Å². The molecule has 0 aromatic heterocycles. The van der Waals surface area contributed by atoms with Gasteiger partial charge in [-0.1, -0.05) is 29.3 Å². The summed E-state index contributed by atoms with van der Waals surface area (Å²) in [6.07, 6.45) is 0. The molecule has 0 radical (unpaired) electrons. The van der Waals surface area contributed by atoms with Gasteiger partial charge in [-0.3, -0.25) is 4.79 Å². The third-order valence-electron chi connectivity index (χ3n) is 3.11. The lowest BCUT2D eigenvalue weighted by Gasteiger charge is -2.07. The van der Waals surface area contributed by atoms with E-state index in [0.29, 0.717) is 16.8 Å². The molecule has 6 N–H and O–H groups in total. The Morgan fingerprint density at radius 3 is 2.17 bits per heavy atom. The van der Waals surface area contributed by atoms with E-state index in [2.05, 4.69) is 9.98 Å². The van der Waals surface area contributed by atoms with Crippen molar-refractivity contribution in [3.05, 3.63) is 64.7 Å². The largest absolute Gasteiger partial charge is 0.370 e. The molecule has 6 nitrogen and oxygen atoms in total. The number of para-hydroxylation sites is 1. The van der Waals surface area contributed by atoms with Gasteiger partial charge in [0, 0.05) is 11.1 Å². The number of hydrogen-bond acceptors (Lipinski definition) is 2. The molecular formula is C17H19N5O. The molecule has 0 saturated carbocycles. The Hall–Kier alpha value is -3.15. The minimum absolute atomic E-state index is 0.106. The molecule has 0 atom stereocenters. The van der Waals surface area contributed by atoms with Gasteiger partial charge in [0.15, 0.2) is 11.7 Å². The average Bonchev–Trinajstić information content (AvgIpc) is 2.45. The number of hydrogen-bond donors (Lipinski definition) is 3. The molecule has 23 heavy (non-hydrogen) atoms. The Labute approximate surface area is 134 Å². The van der Waals surface area contributed by atoms with Gasteiger partial charge in [-0.15, -0.1) is 0 Å². The van der Waals surface area contributed by atoms with Gasteiger partial charge in [0.25, 0.3) is 0 Å². The minimum Gasteiger partial charge on any atom is -0.370 e. The van der Waals surface area contributed by atoms with Crippen molar-refractivity contribution >= 4 is 23.4 Å². The monoisotopic (exact) mass is 309 g/mol. The normalized spacial score (nSPS) is 11.1. The molecule has 0 bridgehead atoms. The number of carbonyl (C=O) groups is 1. The highest BCUT2D eigenvalue weighted by atomic mass is 16.1. The zero-order valence-corrected chi connectivity index (χ0v) is 13.1. The fourth-order valence-electron chi connectivity index (χ4n) is 2.31. The van der Waals surface area contributed by atoms with Gasteiger partial charge in [-0.2, -0.15) is 4.99 Å². The van der Waals surface area contributed by atoms with Gasteiger partial charge in [0.1, 0.15) is 0 Å². The zero-order valence-electron chi connectivity index (χ0n) is 13.1. The molecule has 2 rings (SSSR count). The number of aliphatic imine (C=N–C) groups is 2. The van der Waals surface area contributed by atoms with E-state index in [1.54, 1.807) is 24.3 Å². The van der Waals surface area contributed by atoms with Gasteiger partial charge in [0.2, 0.25) is 5.96 Å². The zero-order chi connectivity index (χ0) is 17.0. The fourth-order valence-corrected chi connectivity index (χ4v) is 2.31. The summed E-state index contributed by atoms with van der Waals surface area (Å²) in [6.45, 7) is 3.90. The van der Waals surface area contributed by atoms with Crippen molar-refractivity contribution in [2.45, 2.75) is 13.8 Å². The Morgan fingerprint density at radius 1 is 0.957 bits per heavy atom. The molecule has 0 aliphatic carbocycles. The topological polar surface area (TPSA) is 120 Å². The standard InChI is InChI=1S/C17H19N5O/c1-10-7-11(2)9-12(8-10)15(23)13-5-3-4-6-14(13)21-17(20)22-16(18)19/h3-9H,1-2H3,(H6,18,19,20,21,22). The van der Waals surface area contributed by atoms with Crippen molar-refractivity contribution in [3.63, 3.8) is 0 Å². The number of ketones is 1. The van der Waals surface area contributed by atoms with Gasteiger partial charge in [-0.25, -0.2) is 4.99 Å². The second kappa shape index (κ2) is 6.74. The highest BCUT2D eigenvalue weighted by molar-refractivity contribution is 6.12. The lowest BCUT2D eigenvalue weighted by atomic mass is 9.98. The maximum absolute atomic E-state index is 12.8. The first-order valence-corrected chi connectivity index (χ1v) is 7.02. The summed E-state index contributed by atoms with van der Waals surface area (Å²) in [6, 6.07) is 12.6. The van der Waals surface area contributed by atoms with Crippen LogP contribution in [0.2, 0.25) is 0 Å². The van der Waals surface area contributed by atoms with Gasteiger partial charge >= 0.3 is 0 Å². The van der Waals surface area contributed by atoms with Crippen LogP contribution in [-0.4, -0.2) is 17.7 Å². The lowest BCUT2D eigenvalue weighted by molar-refractivity contribution is 0.103. The van der Waals surface area contributed by atoms with Gasteiger partial charge in [0.05, 0.1) is 5.69 Å². The summed E-state index contributed by atoms with van der Waals surface area (Å²) >= 11 is 0. The molecule has 118 valence electrons. The molecule has 0 saturated heterocycles. The molecule has 0 aliphatic rings. The highest BCUT2D eigenvalue weighted by Gasteiger charge is 2.14. The molecule has 0 spiro atoms. The first-order valence-electron chi connectivity index (χ1n) is 7.02. The second-order valence-corrected chi connectivity index (χ2v) is 5.23. The van der Waals surface area contributed by atoms with Crippen molar-refractivity contribution in [1.29, 1.82) is 0 Å². The predicted octanol–water partition coefficient (Wildman–Crippen LogP) is 1.75. The van der Waals surface area contributed by atoms with E-state index >= 15 is 0 Å². The number of nitrogens with zero attached hydrogens (tertiary/aromatic N) is 2. The molecule has 2 aromatic carbocycles. The van der Waals surface area contributed by atoms with Crippen molar-refractivity contribution in [2.75, 3.05) is 0 Å². The van der Waals surface area contributed by atoms with Gasteiger partial charge in [-0.05, 0) is 38.1 Å². The van der Waals surface area contributed by atoms with Crippen LogP contribution in [-0.2, 0) is 0 Å². The summed E-state index contributed by atoms with van der Waals surface area (Å²) in [4.78, 5) is 20.6. The van der Waals surface area contributed by atoms with Crippen molar-refractivity contribution < 1.29 is 4.79 Å². The van der Waals surface area contributed by atoms with E-state index in [9.17, 15) is 4.79 Å². The van der Waals surface area contributed by atoms with E-state index in [0.717, 1.165) is 11.1 Å². The van der Waals surface area contributed by atoms with Crippen LogP contribution in [0.3, 0.4) is 0 Å². The molecular weight excluding hydrogens is 290 g/mol. The maximum Gasteiger partial charge on any atom is 0.223 e. The van der Waals surface area contributed by atoms with Crippen LogP contribution in [0.15, 0.2) is 52.4 Å². The molecule has 6 heteroatoms. The van der Waals surface area contributed by atoms with Gasteiger partial charge < -0.3 is 17.2 Å². The molecule has 0 aliphatic heterocycles. The summed E-state index contributed by atoms with van der Waals surface area (Å²) in [5.74, 6) is -0.427. The Morgan fingerprint density at radius 2 is 1.57 bits per heavy atom. The Bertz CT molecular complexity index is 784. The van der Waals surface area contributed by atoms with Crippen molar-refractivity contribution in [3.8, 4) is 0 Å². The molecule has 2 aromatic rings. The molecule has 0 unspecified atom stereocenters. The molecule has 0 amide bonds. The van der Waals surface area contributed by atoms with Crippen LogP contribution < -0.4 is 17.2 Å². The van der Waals surface area contributed by atoms with Crippen molar-refractivity contribution in [2.24, 2.45) is 27.2 Å². The third-order valence-corrected chi connectivity index (χ3v) is 3.11.